The van der Waals surface area contributed by atoms with Gasteiger partial charge in [-0.1, -0.05) is 6.07 Å². The maximum absolute atomic E-state index is 15.1. The second kappa shape index (κ2) is 12.4. The summed E-state index contributed by atoms with van der Waals surface area (Å²) in [5.41, 5.74) is 6.03. The van der Waals surface area contributed by atoms with Gasteiger partial charge in [0, 0.05) is 35.8 Å². The molecule has 0 saturated carbocycles. The van der Waals surface area contributed by atoms with Gasteiger partial charge in [-0.3, -0.25) is 19.7 Å². The van der Waals surface area contributed by atoms with Crippen molar-refractivity contribution in [3.05, 3.63) is 60.1 Å². The number of anilines is 3. The first-order valence-electron chi connectivity index (χ1n) is 13.3. The number of carbonyl (C=O) groups is 1. The van der Waals surface area contributed by atoms with Crippen LogP contribution in [0.25, 0.3) is 10.9 Å². The van der Waals surface area contributed by atoms with Crippen LogP contribution in [0.5, 0.6) is 11.5 Å². The maximum Gasteiger partial charge on any atom is 0.223 e. The molecule has 1 aliphatic heterocycles. The average molecular weight is 568 g/mol. The molecule has 5 rings (SSSR count). The van der Waals surface area contributed by atoms with E-state index in [0.717, 1.165) is 38.4 Å². The van der Waals surface area contributed by atoms with Crippen LogP contribution in [-0.2, 0) is 11.2 Å². The lowest BCUT2D eigenvalue weighted by Crippen LogP contribution is -2.33. The van der Waals surface area contributed by atoms with E-state index in [-0.39, 0.29) is 36.4 Å². The highest BCUT2D eigenvalue weighted by atomic mass is 19.2. The lowest BCUT2D eigenvalue weighted by atomic mass is 10.1. The van der Waals surface area contributed by atoms with Crippen LogP contribution in [-0.4, -0.2) is 75.5 Å². The zero-order valence-corrected chi connectivity index (χ0v) is 22.5. The van der Waals surface area contributed by atoms with Crippen molar-refractivity contribution < 1.29 is 28.2 Å². The highest BCUT2D eigenvalue weighted by molar-refractivity contribution is 5.96. The normalized spacial score (nSPS) is 15.4. The highest BCUT2D eigenvalue weighted by Gasteiger charge is 2.26. The van der Waals surface area contributed by atoms with Crippen molar-refractivity contribution in [2.45, 2.75) is 31.7 Å². The number of H-pyrrole nitrogens is 1. The van der Waals surface area contributed by atoms with E-state index in [1.54, 1.807) is 12.1 Å². The number of halogens is 2. The number of rotatable bonds is 12. The lowest BCUT2D eigenvalue weighted by molar-refractivity contribution is -0.117. The molecule has 0 spiro atoms. The number of aromatic nitrogens is 4. The Bertz CT molecular complexity index is 1530. The Labute approximate surface area is 234 Å². The number of aliphatic hydroxyl groups is 1. The minimum atomic E-state index is -1.10. The number of nitrogens with zero attached hydrogens (tertiary/aromatic N) is 5. The second-order valence-corrected chi connectivity index (χ2v) is 9.74. The summed E-state index contributed by atoms with van der Waals surface area (Å²) in [5.74, 6) is -1.50. The number of hydrogen-bond donors (Lipinski definition) is 3. The third-order valence-electron chi connectivity index (χ3n) is 7.05. The summed E-state index contributed by atoms with van der Waals surface area (Å²) in [6.45, 7) is 2.35. The van der Waals surface area contributed by atoms with Gasteiger partial charge in [0.1, 0.15) is 12.1 Å². The zero-order chi connectivity index (χ0) is 28.9. The van der Waals surface area contributed by atoms with Crippen molar-refractivity contribution in [1.29, 1.82) is 0 Å². The molecule has 1 saturated heterocycles. The molecule has 41 heavy (non-hydrogen) atoms. The molecule has 2 aromatic heterocycles. The van der Waals surface area contributed by atoms with Crippen molar-refractivity contribution in [3.8, 4) is 11.5 Å². The second-order valence-electron chi connectivity index (χ2n) is 9.74. The number of primary amides is 1. The topological polar surface area (TPSA) is 143 Å². The van der Waals surface area contributed by atoms with Gasteiger partial charge in [-0.15, -0.1) is 0 Å². The molecule has 13 heteroatoms. The molecule has 3 heterocycles. The van der Waals surface area contributed by atoms with Crippen molar-refractivity contribution in [2.24, 2.45) is 5.73 Å². The van der Waals surface area contributed by atoms with Gasteiger partial charge in [-0.2, -0.15) is 5.10 Å². The summed E-state index contributed by atoms with van der Waals surface area (Å²) in [7, 11) is 1.50. The summed E-state index contributed by atoms with van der Waals surface area (Å²) in [6.07, 6.45) is 4.01. The summed E-state index contributed by atoms with van der Waals surface area (Å²) >= 11 is 0. The fourth-order valence-electron chi connectivity index (χ4n) is 5.10. The van der Waals surface area contributed by atoms with E-state index in [1.165, 1.54) is 36.5 Å². The molecule has 1 atom stereocenters. The monoisotopic (exact) mass is 567 g/mol. The van der Waals surface area contributed by atoms with Crippen molar-refractivity contribution in [2.75, 3.05) is 38.3 Å². The summed E-state index contributed by atoms with van der Waals surface area (Å²) < 4.78 is 41.1. The predicted molar refractivity (Wildman–Crippen MR) is 148 cm³/mol. The highest BCUT2D eigenvalue weighted by Crippen LogP contribution is 2.41. The van der Waals surface area contributed by atoms with E-state index in [9.17, 15) is 14.3 Å². The number of hydrogen-bond acceptors (Lipinski definition) is 9. The quantitative estimate of drug-likeness (QED) is 0.220. The molecule has 4 aromatic rings. The van der Waals surface area contributed by atoms with Crippen LogP contribution in [0, 0.1) is 11.6 Å². The minimum absolute atomic E-state index is 0.121. The van der Waals surface area contributed by atoms with Gasteiger partial charge in [-0.05, 0) is 44.0 Å². The SMILES string of the molecule is COc1cc2c(N(c3cc(CC(N)=O)[nH]n3)c3cccc(F)c3F)ncnc2cc1OCCCN1CCC[C@@H]1CO. The van der Waals surface area contributed by atoms with Crippen molar-refractivity contribution in [3.63, 3.8) is 0 Å². The molecule has 11 nitrogen and oxygen atoms in total. The zero-order valence-electron chi connectivity index (χ0n) is 22.5. The Balaban J connectivity index is 1.49. The molecule has 1 amide bonds. The summed E-state index contributed by atoms with van der Waals surface area (Å²) in [6, 6.07) is 8.87. The first kappa shape index (κ1) is 28.2. The first-order valence-corrected chi connectivity index (χ1v) is 13.3. The fraction of sp³-hybridized carbons (Fsp3) is 0.357. The standard InChI is InChI=1S/C28H31F2N7O4/c1-40-23-13-19-21(14-24(23)41-10-4-9-36-8-3-5-18(36)15-38)32-16-33-28(19)37(22-7-2-6-20(29)27(22)30)26-12-17(34-35-26)11-25(31)39/h2,6-7,12-14,16,18,38H,3-5,8-11,15H2,1H3,(H2,31,39)(H,34,35)/t18-/m1/s1. The third-order valence-corrected chi connectivity index (χ3v) is 7.05. The van der Waals surface area contributed by atoms with E-state index in [0.29, 0.717) is 34.7 Å². The van der Waals surface area contributed by atoms with Gasteiger partial charge < -0.3 is 20.3 Å². The van der Waals surface area contributed by atoms with Crippen LogP contribution >= 0.6 is 0 Å². The number of fused-ring (bicyclic) bond motifs is 1. The number of benzene rings is 2. The molecule has 0 bridgehead atoms. The number of ether oxygens (including phenoxy) is 2. The van der Waals surface area contributed by atoms with Gasteiger partial charge in [0.25, 0.3) is 0 Å². The molecular weight excluding hydrogens is 536 g/mol. The van der Waals surface area contributed by atoms with Crippen LogP contribution < -0.4 is 20.1 Å². The molecule has 0 unspecified atom stereocenters. The molecule has 2 aromatic carbocycles. The molecule has 1 fully saturated rings. The molecule has 0 radical (unpaired) electrons. The Morgan fingerprint density at radius 3 is 2.88 bits per heavy atom. The Kier molecular flexibility index (Phi) is 8.55. The number of aromatic amines is 1. The lowest BCUT2D eigenvalue weighted by Gasteiger charge is -2.24. The van der Waals surface area contributed by atoms with Gasteiger partial charge >= 0.3 is 0 Å². The van der Waals surface area contributed by atoms with E-state index in [4.69, 9.17) is 15.2 Å². The smallest absolute Gasteiger partial charge is 0.223 e. The number of aliphatic hydroxyl groups excluding tert-OH is 1. The Hall–Kier alpha value is -4.36. The van der Waals surface area contributed by atoms with Crippen molar-refractivity contribution in [1.82, 2.24) is 25.1 Å². The average Bonchev–Trinajstić information content (AvgIpc) is 3.62. The van der Waals surface area contributed by atoms with E-state index >= 15 is 4.39 Å². The first-order chi connectivity index (χ1) is 19.9. The van der Waals surface area contributed by atoms with E-state index < -0.39 is 17.5 Å². The molecule has 4 N–H and O–H groups in total. The molecule has 1 aliphatic rings. The van der Waals surface area contributed by atoms with Crippen LogP contribution in [0.3, 0.4) is 0 Å². The molecule has 216 valence electrons. The fourth-order valence-corrected chi connectivity index (χ4v) is 5.10. The molecule has 0 aliphatic carbocycles. The van der Waals surface area contributed by atoms with E-state index in [2.05, 4.69) is 25.1 Å². The maximum atomic E-state index is 15.1. The third kappa shape index (κ3) is 6.05. The number of nitrogens with one attached hydrogen (secondary N) is 1. The number of carbonyl (C=O) groups excluding carboxylic acids is 1. The molecular formula is C28H31F2N7O4. The van der Waals surface area contributed by atoms with Gasteiger partial charge in [0.15, 0.2) is 29.0 Å². The van der Waals surface area contributed by atoms with Gasteiger partial charge in [0.2, 0.25) is 5.91 Å². The van der Waals surface area contributed by atoms with Crippen molar-refractivity contribution >= 4 is 34.1 Å². The van der Waals surface area contributed by atoms with Gasteiger partial charge in [0.05, 0.1) is 37.9 Å². The Morgan fingerprint density at radius 1 is 1.24 bits per heavy atom. The number of nitrogens with two attached hydrogens (primary N) is 1. The van der Waals surface area contributed by atoms with Gasteiger partial charge in [-0.25, -0.2) is 18.7 Å². The summed E-state index contributed by atoms with van der Waals surface area (Å²) in [4.78, 5) is 23.8. The van der Waals surface area contributed by atoms with Crippen LogP contribution in [0.2, 0.25) is 0 Å². The van der Waals surface area contributed by atoms with Crippen LogP contribution in [0.15, 0.2) is 42.7 Å². The number of amides is 1. The Morgan fingerprint density at radius 2 is 2.10 bits per heavy atom. The largest absolute Gasteiger partial charge is 0.493 e. The number of methoxy groups -OCH3 is 1. The predicted octanol–water partition coefficient (Wildman–Crippen LogP) is 3.36. The van der Waals surface area contributed by atoms with E-state index in [1.807, 2.05) is 0 Å². The van der Waals surface area contributed by atoms with Crippen LogP contribution in [0.4, 0.5) is 26.1 Å². The minimum Gasteiger partial charge on any atom is -0.493 e. The summed E-state index contributed by atoms with van der Waals surface area (Å²) in [5, 5.41) is 16.9. The number of likely N-dealkylation sites (tertiary alicyclic amines) is 1. The van der Waals surface area contributed by atoms with Crippen LogP contribution in [0.1, 0.15) is 25.0 Å².